The molecule has 2 aliphatic rings. The van der Waals surface area contributed by atoms with Crippen LogP contribution in [0.15, 0.2) is 30.3 Å². The molecule has 0 radical (unpaired) electrons. The van der Waals surface area contributed by atoms with Gasteiger partial charge in [0.2, 0.25) is 0 Å². The van der Waals surface area contributed by atoms with Crippen LogP contribution >= 0.6 is 0 Å². The van der Waals surface area contributed by atoms with Crippen LogP contribution in [-0.2, 0) is 15.1 Å². The molecule has 0 aliphatic carbocycles. The lowest BCUT2D eigenvalue weighted by Gasteiger charge is -2.27. The molecule has 0 aromatic heterocycles. The number of carbonyl (C=O) groups is 3. The minimum absolute atomic E-state index is 0.196. The van der Waals surface area contributed by atoms with Crippen molar-refractivity contribution in [3.8, 4) is 0 Å². The van der Waals surface area contributed by atoms with Gasteiger partial charge < -0.3 is 5.32 Å². The number of piperidine rings is 1. The highest BCUT2D eigenvalue weighted by molar-refractivity contribution is 6.08. The van der Waals surface area contributed by atoms with E-state index in [1.54, 1.807) is 12.1 Å². The van der Waals surface area contributed by atoms with Crippen molar-refractivity contribution in [2.24, 2.45) is 0 Å². The van der Waals surface area contributed by atoms with E-state index in [0.29, 0.717) is 12.0 Å². The lowest BCUT2D eigenvalue weighted by Crippen LogP contribution is -2.51. The van der Waals surface area contributed by atoms with Gasteiger partial charge >= 0.3 is 6.03 Å². The van der Waals surface area contributed by atoms with E-state index < -0.39 is 17.5 Å². The van der Waals surface area contributed by atoms with Gasteiger partial charge in [0.15, 0.2) is 0 Å². The standard InChI is InChI=1S/C18H24N4O3/c1-2-18(14-9-5-3-6-10-14)16(24)22(17(25)19-18)20-15(23)13-21-11-7-4-8-12-21/h3,5-6,9-10H,2,4,7-8,11-13H2,1H3,(H,19,25)(H,20,23)/t18-/m1/s1. The maximum absolute atomic E-state index is 12.9. The van der Waals surface area contributed by atoms with Gasteiger partial charge in [0.1, 0.15) is 5.54 Å². The molecule has 0 unspecified atom stereocenters. The highest BCUT2D eigenvalue weighted by Crippen LogP contribution is 2.31. The van der Waals surface area contributed by atoms with E-state index >= 15 is 0 Å². The van der Waals surface area contributed by atoms with Crippen molar-refractivity contribution in [3.05, 3.63) is 35.9 Å². The van der Waals surface area contributed by atoms with Crippen LogP contribution in [-0.4, -0.2) is 47.4 Å². The SMILES string of the molecule is CC[C@]1(c2ccccc2)NC(=O)N(NC(=O)CN2CCCCC2)C1=O. The summed E-state index contributed by atoms with van der Waals surface area (Å²) in [6.45, 7) is 3.78. The van der Waals surface area contributed by atoms with Gasteiger partial charge in [-0.2, -0.15) is 5.01 Å². The summed E-state index contributed by atoms with van der Waals surface area (Å²) in [6, 6.07) is 8.52. The number of imide groups is 1. The first-order valence-electron chi connectivity index (χ1n) is 8.81. The molecule has 1 aromatic carbocycles. The molecular formula is C18H24N4O3. The minimum atomic E-state index is -1.13. The summed E-state index contributed by atoms with van der Waals surface area (Å²) in [6.07, 6.45) is 3.73. The van der Waals surface area contributed by atoms with E-state index in [1.165, 1.54) is 6.42 Å². The summed E-state index contributed by atoms with van der Waals surface area (Å²) in [4.78, 5) is 39.5. The number of hydrogen-bond acceptors (Lipinski definition) is 4. The molecule has 2 N–H and O–H groups in total. The van der Waals surface area contributed by atoms with Crippen molar-refractivity contribution >= 4 is 17.8 Å². The number of nitrogens with zero attached hydrogens (tertiary/aromatic N) is 2. The van der Waals surface area contributed by atoms with E-state index in [9.17, 15) is 14.4 Å². The monoisotopic (exact) mass is 344 g/mol. The first-order chi connectivity index (χ1) is 12.1. The maximum atomic E-state index is 12.9. The minimum Gasteiger partial charge on any atom is -0.318 e. The van der Waals surface area contributed by atoms with Gasteiger partial charge in [-0.3, -0.25) is 19.9 Å². The average Bonchev–Trinajstić information content (AvgIpc) is 2.88. The molecule has 25 heavy (non-hydrogen) atoms. The first-order valence-corrected chi connectivity index (χ1v) is 8.81. The fourth-order valence-electron chi connectivity index (χ4n) is 3.52. The quantitative estimate of drug-likeness (QED) is 0.790. The average molecular weight is 344 g/mol. The number of urea groups is 1. The summed E-state index contributed by atoms with van der Waals surface area (Å²) in [7, 11) is 0. The van der Waals surface area contributed by atoms with Crippen molar-refractivity contribution in [2.75, 3.05) is 19.6 Å². The molecule has 0 bridgehead atoms. The van der Waals surface area contributed by atoms with Crippen LogP contribution in [0.4, 0.5) is 4.79 Å². The van der Waals surface area contributed by atoms with Crippen molar-refractivity contribution < 1.29 is 14.4 Å². The van der Waals surface area contributed by atoms with E-state index in [0.717, 1.165) is 30.9 Å². The normalized spacial score (nSPS) is 24.3. The van der Waals surface area contributed by atoms with Gasteiger partial charge in [0.05, 0.1) is 6.54 Å². The first kappa shape index (κ1) is 17.4. The molecule has 1 aromatic rings. The van der Waals surface area contributed by atoms with Crippen molar-refractivity contribution in [1.82, 2.24) is 20.7 Å². The van der Waals surface area contributed by atoms with Crippen molar-refractivity contribution in [1.29, 1.82) is 0 Å². The maximum Gasteiger partial charge on any atom is 0.344 e. The summed E-state index contributed by atoms with van der Waals surface area (Å²) >= 11 is 0. The van der Waals surface area contributed by atoms with Crippen LogP contribution < -0.4 is 10.7 Å². The molecular weight excluding hydrogens is 320 g/mol. The third kappa shape index (κ3) is 3.37. The summed E-state index contributed by atoms with van der Waals surface area (Å²) in [5, 5.41) is 3.57. The molecule has 2 aliphatic heterocycles. The summed E-state index contributed by atoms with van der Waals surface area (Å²) in [5.41, 5.74) is 2.06. The zero-order valence-corrected chi connectivity index (χ0v) is 14.5. The Morgan fingerprint density at radius 3 is 2.48 bits per heavy atom. The lowest BCUT2D eigenvalue weighted by molar-refractivity contribution is -0.140. The fraction of sp³-hybridized carbons (Fsp3) is 0.500. The van der Waals surface area contributed by atoms with Crippen LogP contribution in [0.1, 0.15) is 38.2 Å². The van der Waals surface area contributed by atoms with Gasteiger partial charge in [-0.1, -0.05) is 43.7 Å². The molecule has 7 nitrogen and oxygen atoms in total. The molecule has 2 heterocycles. The highest BCUT2D eigenvalue weighted by Gasteiger charge is 2.52. The molecule has 0 saturated carbocycles. The zero-order valence-electron chi connectivity index (χ0n) is 14.5. The number of hydrogen-bond donors (Lipinski definition) is 2. The summed E-state index contributed by atoms with van der Waals surface area (Å²) in [5.74, 6) is -0.788. The molecule has 134 valence electrons. The third-order valence-corrected chi connectivity index (χ3v) is 4.94. The third-order valence-electron chi connectivity index (χ3n) is 4.94. The van der Waals surface area contributed by atoms with Gasteiger partial charge in [0, 0.05) is 0 Å². The summed E-state index contributed by atoms with van der Waals surface area (Å²) < 4.78 is 0. The topological polar surface area (TPSA) is 81.8 Å². The lowest BCUT2D eigenvalue weighted by atomic mass is 9.87. The molecule has 0 spiro atoms. The Morgan fingerprint density at radius 2 is 1.84 bits per heavy atom. The Hall–Kier alpha value is -2.41. The van der Waals surface area contributed by atoms with Crippen LogP contribution in [0.25, 0.3) is 0 Å². The van der Waals surface area contributed by atoms with Gasteiger partial charge in [-0.15, -0.1) is 0 Å². The number of rotatable bonds is 5. The molecule has 2 fully saturated rings. The predicted molar refractivity (Wildman–Crippen MR) is 92.2 cm³/mol. The number of likely N-dealkylation sites (tertiary alicyclic amines) is 1. The number of hydrazine groups is 1. The van der Waals surface area contributed by atoms with Crippen LogP contribution in [0.2, 0.25) is 0 Å². The second-order valence-corrected chi connectivity index (χ2v) is 6.57. The largest absolute Gasteiger partial charge is 0.344 e. The van der Waals surface area contributed by atoms with E-state index in [1.807, 2.05) is 30.0 Å². The van der Waals surface area contributed by atoms with E-state index in [4.69, 9.17) is 0 Å². The van der Waals surface area contributed by atoms with Crippen molar-refractivity contribution in [2.45, 2.75) is 38.1 Å². The zero-order chi connectivity index (χ0) is 17.9. The fourth-order valence-corrected chi connectivity index (χ4v) is 3.52. The second-order valence-electron chi connectivity index (χ2n) is 6.57. The molecule has 3 rings (SSSR count). The Labute approximate surface area is 147 Å². The number of carbonyl (C=O) groups excluding carboxylic acids is 3. The van der Waals surface area contributed by atoms with Gasteiger partial charge in [-0.25, -0.2) is 4.79 Å². The Morgan fingerprint density at radius 1 is 1.16 bits per heavy atom. The number of benzene rings is 1. The van der Waals surface area contributed by atoms with Crippen molar-refractivity contribution in [3.63, 3.8) is 0 Å². The molecule has 1 atom stereocenters. The Bertz CT molecular complexity index is 658. The van der Waals surface area contributed by atoms with E-state index in [-0.39, 0.29) is 12.5 Å². The highest BCUT2D eigenvalue weighted by atomic mass is 16.2. The smallest absolute Gasteiger partial charge is 0.318 e. The van der Waals surface area contributed by atoms with Crippen LogP contribution in [0.3, 0.4) is 0 Å². The number of nitrogens with one attached hydrogen (secondary N) is 2. The molecule has 2 saturated heterocycles. The van der Waals surface area contributed by atoms with E-state index in [2.05, 4.69) is 10.7 Å². The van der Waals surface area contributed by atoms with Crippen LogP contribution in [0, 0.1) is 0 Å². The van der Waals surface area contributed by atoms with Gasteiger partial charge in [-0.05, 0) is 37.9 Å². The number of amides is 4. The van der Waals surface area contributed by atoms with Crippen LogP contribution in [0.5, 0.6) is 0 Å². The molecule has 7 heteroatoms. The Kier molecular flexibility index (Phi) is 5.03. The Balaban J connectivity index is 1.71. The van der Waals surface area contributed by atoms with Gasteiger partial charge in [0.25, 0.3) is 11.8 Å². The second kappa shape index (κ2) is 7.23. The molecule has 4 amide bonds. The predicted octanol–water partition coefficient (Wildman–Crippen LogP) is 1.36.